The maximum Gasteiger partial charge on any atom is 0.137 e. The summed E-state index contributed by atoms with van der Waals surface area (Å²) in [6.45, 7) is 0.706. The monoisotopic (exact) mass is 329 g/mol. The van der Waals surface area contributed by atoms with Crippen LogP contribution in [0.1, 0.15) is 5.69 Å². The molecule has 0 atom stereocenters. The number of hydrogen-bond acceptors (Lipinski definition) is 3. The molecule has 6 heteroatoms. The van der Waals surface area contributed by atoms with Crippen LogP contribution < -0.4 is 10.1 Å². The van der Waals surface area contributed by atoms with Crippen molar-refractivity contribution in [1.82, 2.24) is 15.1 Å². The summed E-state index contributed by atoms with van der Waals surface area (Å²) in [4.78, 5) is 0. The zero-order chi connectivity index (χ0) is 13.1. The van der Waals surface area contributed by atoms with E-state index in [-0.39, 0.29) is 0 Å². The fourth-order valence-corrected chi connectivity index (χ4v) is 2.27. The van der Waals surface area contributed by atoms with Crippen LogP contribution >= 0.6 is 27.5 Å². The molecule has 0 aliphatic heterocycles. The Morgan fingerprint density at radius 1 is 1.50 bits per heavy atom. The van der Waals surface area contributed by atoms with Gasteiger partial charge in [0, 0.05) is 12.7 Å². The van der Waals surface area contributed by atoms with Crippen molar-refractivity contribution in [3.63, 3.8) is 0 Å². The van der Waals surface area contributed by atoms with Crippen LogP contribution in [0.4, 0.5) is 0 Å². The van der Waals surface area contributed by atoms with E-state index in [1.54, 1.807) is 11.8 Å². The van der Waals surface area contributed by atoms with Crippen LogP contribution in [0.5, 0.6) is 5.75 Å². The summed E-state index contributed by atoms with van der Waals surface area (Å²) < 4.78 is 7.86. The number of rotatable bonds is 4. The van der Waals surface area contributed by atoms with E-state index in [9.17, 15) is 0 Å². The zero-order valence-electron chi connectivity index (χ0n) is 10.1. The SMILES string of the molecule is CNCc1nn(-c2ccc(OC)c(Cl)c2)cc1Br. The van der Waals surface area contributed by atoms with Gasteiger partial charge in [-0.15, -0.1) is 0 Å². The minimum absolute atomic E-state index is 0.566. The molecular weight excluding hydrogens is 318 g/mol. The second-order valence-corrected chi connectivity index (χ2v) is 4.98. The van der Waals surface area contributed by atoms with Gasteiger partial charge < -0.3 is 10.1 Å². The first-order valence-electron chi connectivity index (χ1n) is 5.38. The molecule has 0 unspecified atom stereocenters. The molecule has 4 nitrogen and oxygen atoms in total. The number of aromatic nitrogens is 2. The molecular formula is C12H13BrClN3O. The lowest BCUT2D eigenvalue weighted by molar-refractivity contribution is 0.415. The summed E-state index contributed by atoms with van der Waals surface area (Å²) in [5.41, 5.74) is 1.84. The molecule has 96 valence electrons. The second kappa shape index (κ2) is 5.73. The van der Waals surface area contributed by atoms with Crippen molar-refractivity contribution in [3.05, 3.63) is 39.6 Å². The summed E-state index contributed by atoms with van der Waals surface area (Å²) in [6.07, 6.45) is 1.91. The molecule has 0 aliphatic carbocycles. The quantitative estimate of drug-likeness (QED) is 0.936. The summed E-state index contributed by atoms with van der Waals surface area (Å²) in [7, 11) is 3.48. The van der Waals surface area contributed by atoms with Crippen molar-refractivity contribution in [1.29, 1.82) is 0 Å². The maximum absolute atomic E-state index is 6.10. The van der Waals surface area contributed by atoms with E-state index in [1.807, 2.05) is 31.4 Å². The van der Waals surface area contributed by atoms with Gasteiger partial charge in [0.1, 0.15) is 5.75 Å². The lowest BCUT2D eigenvalue weighted by atomic mass is 10.3. The Morgan fingerprint density at radius 2 is 2.28 bits per heavy atom. The highest BCUT2D eigenvalue weighted by Gasteiger charge is 2.08. The van der Waals surface area contributed by atoms with E-state index in [0.717, 1.165) is 15.9 Å². The molecule has 1 aromatic carbocycles. The van der Waals surface area contributed by atoms with E-state index in [1.165, 1.54) is 0 Å². The average Bonchev–Trinajstić information content (AvgIpc) is 2.71. The van der Waals surface area contributed by atoms with Gasteiger partial charge in [0.05, 0.1) is 28.0 Å². The summed E-state index contributed by atoms with van der Waals surface area (Å²) >= 11 is 9.58. The van der Waals surface area contributed by atoms with Crippen molar-refractivity contribution in [2.75, 3.05) is 14.2 Å². The predicted octanol–water partition coefficient (Wildman–Crippen LogP) is 3.02. The van der Waals surface area contributed by atoms with Crippen molar-refractivity contribution in [2.45, 2.75) is 6.54 Å². The second-order valence-electron chi connectivity index (χ2n) is 3.72. The van der Waals surface area contributed by atoms with Crippen LogP contribution in [0.3, 0.4) is 0 Å². The normalized spacial score (nSPS) is 10.7. The van der Waals surface area contributed by atoms with Crippen molar-refractivity contribution >= 4 is 27.5 Å². The van der Waals surface area contributed by atoms with Crippen molar-refractivity contribution < 1.29 is 4.74 Å². The molecule has 1 N–H and O–H groups in total. The molecule has 2 rings (SSSR count). The highest BCUT2D eigenvalue weighted by molar-refractivity contribution is 9.10. The number of hydrogen-bond donors (Lipinski definition) is 1. The standard InChI is InChI=1S/C12H13BrClN3O/c1-15-6-11-9(13)7-17(16-11)8-3-4-12(18-2)10(14)5-8/h3-5,7,15H,6H2,1-2H3. The molecule has 0 saturated carbocycles. The molecule has 1 heterocycles. The topological polar surface area (TPSA) is 39.1 Å². The lowest BCUT2D eigenvalue weighted by Crippen LogP contribution is -2.07. The minimum atomic E-state index is 0.566. The van der Waals surface area contributed by atoms with Crippen LogP contribution in [-0.2, 0) is 6.54 Å². The highest BCUT2D eigenvalue weighted by atomic mass is 79.9. The molecule has 1 aromatic heterocycles. The Labute approximate surface area is 119 Å². The number of nitrogens with one attached hydrogen (secondary N) is 1. The molecule has 0 saturated heterocycles. The lowest BCUT2D eigenvalue weighted by Gasteiger charge is -2.06. The number of benzene rings is 1. The third-order valence-electron chi connectivity index (χ3n) is 2.48. The van der Waals surface area contributed by atoms with E-state index in [2.05, 4.69) is 26.3 Å². The smallest absolute Gasteiger partial charge is 0.137 e. The Bertz CT molecular complexity index is 556. The van der Waals surface area contributed by atoms with Crippen molar-refractivity contribution in [3.8, 4) is 11.4 Å². The fraction of sp³-hybridized carbons (Fsp3) is 0.250. The van der Waals surface area contributed by atoms with E-state index >= 15 is 0 Å². The van der Waals surface area contributed by atoms with Gasteiger partial charge in [0.25, 0.3) is 0 Å². The molecule has 0 amide bonds. The van der Waals surface area contributed by atoms with Crippen molar-refractivity contribution in [2.24, 2.45) is 0 Å². The van der Waals surface area contributed by atoms with Gasteiger partial charge in [0.2, 0.25) is 0 Å². The summed E-state index contributed by atoms with van der Waals surface area (Å²) in [5, 5.41) is 8.11. The van der Waals surface area contributed by atoms with Gasteiger partial charge in [-0.25, -0.2) is 4.68 Å². The molecule has 18 heavy (non-hydrogen) atoms. The minimum Gasteiger partial charge on any atom is -0.495 e. The van der Waals surface area contributed by atoms with E-state index in [4.69, 9.17) is 16.3 Å². The molecule has 0 spiro atoms. The first kappa shape index (κ1) is 13.4. The van der Waals surface area contributed by atoms with Gasteiger partial charge in [0.15, 0.2) is 0 Å². The number of ether oxygens (including phenoxy) is 1. The number of nitrogens with zero attached hydrogens (tertiary/aromatic N) is 2. The van der Waals surface area contributed by atoms with Gasteiger partial charge in [-0.05, 0) is 41.2 Å². The first-order valence-corrected chi connectivity index (χ1v) is 6.55. The van der Waals surface area contributed by atoms with Gasteiger partial charge in [-0.3, -0.25) is 0 Å². The average molecular weight is 331 g/mol. The maximum atomic E-state index is 6.10. The van der Waals surface area contributed by atoms with Crippen LogP contribution in [0.25, 0.3) is 5.69 Å². The van der Waals surface area contributed by atoms with Crippen LogP contribution in [0.15, 0.2) is 28.9 Å². The van der Waals surface area contributed by atoms with Gasteiger partial charge in [-0.2, -0.15) is 5.10 Å². The Hall–Kier alpha value is -1.04. The fourth-order valence-electron chi connectivity index (χ4n) is 1.61. The van der Waals surface area contributed by atoms with Crippen LogP contribution in [0.2, 0.25) is 5.02 Å². The van der Waals surface area contributed by atoms with Gasteiger partial charge in [-0.1, -0.05) is 11.6 Å². The third kappa shape index (κ3) is 2.68. The summed E-state index contributed by atoms with van der Waals surface area (Å²) in [5.74, 6) is 0.655. The number of methoxy groups -OCH3 is 1. The van der Waals surface area contributed by atoms with E-state index < -0.39 is 0 Å². The summed E-state index contributed by atoms with van der Waals surface area (Å²) in [6, 6.07) is 5.56. The van der Waals surface area contributed by atoms with E-state index in [0.29, 0.717) is 17.3 Å². The molecule has 0 fully saturated rings. The predicted molar refractivity (Wildman–Crippen MR) is 75.6 cm³/mol. The third-order valence-corrected chi connectivity index (χ3v) is 3.44. The van der Waals surface area contributed by atoms with Gasteiger partial charge >= 0.3 is 0 Å². The van der Waals surface area contributed by atoms with Crippen LogP contribution in [-0.4, -0.2) is 23.9 Å². The molecule has 0 bridgehead atoms. The first-order chi connectivity index (χ1) is 8.65. The largest absolute Gasteiger partial charge is 0.495 e. The zero-order valence-corrected chi connectivity index (χ0v) is 12.4. The van der Waals surface area contributed by atoms with Crippen LogP contribution in [0, 0.1) is 0 Å². The Kier molecular flexibility index (Phi) is 4.27. The Morgan fingerprint density at radius 3 is 2.89 bits per heavy atom. The molecule has 0 aliphatic rings. The molecule has 0 radical (unpaired) electrons. The Balaban J connectivity index is 2.36. The highest BCUT2D eigenvalue weighted by Crippen LogP contribution is 2.27. The molecule has 2 aromatic rings. The number of halogens is 2.